The average Bonchev–Trinajstić information content (AvgIpc) is 2.18. The quantitative estimate of drug-likeness (QED) is 0.450. The Morgan fingerprint density at radius 1 is 1.29 bits per heavy atom. The molecule has 0 unspecified atom stereocenters. The van der Waals surface area contributed by atoms with Crippen LogP contribution in [0.1, 0.15) is 19.4 Å². The van der Waals surface area contributed by atoms with Crippen molar-refractivity contribution >= 4 is 22.4 Å². The predicted molar refractivity (Wildman–Crippen MR) is 64.3 cm³/mol. The van der Waals surface area contributed by atoms with Crippen molar-refractivity contribution in [1.82, 2.24) is 0 Å². The van der Waals surface area contributed by atoms with Gasteiger partial charge in [-0.2, -0.15) is 0 Å². The SMILES string of the molecule is CC(C)Oc1ccc(CSOS(=O)(=O)[O-])cc1. The molecule has 0 atom stereocenters. The lowest BCUT2D eigenvalue weighted by Crippen LogP contribution is -2.05. The number of benzene rings is 1. The van der Waals surface area contributed by atoms with Crippen molar-refractivity contribution in [2.45, 2.75) is 25.7 Å². The Bertz CT molecular complexity index is 438. The van der Waals surface area contributed by atoms with Gasteiger partial charge in [-0.15, -0.1) is 0 Å². The van der Waals surface area contributed by atoms with Crippen molar-refractivity contribution in [1.29, 1.82) is 0 Å². The largest absolute Gasteiger partial charge is 0.725 e. The van der Waals surface area contributed by atoms with Crippen LogP contribution in [0.25, 0.3) is 0 Å². The van der Waals surface area contributed by atoms with Crippen LogP contribution in [0.4, 0.5) is 0 Å². The predicted octanol–water partition coefficient (Wildman–Crippen LogP) is 2.10. The minimum atomic E-state index is -4.63. The van der Waals surface area contributed by atoms with E-state index in [2.05, 4.69) is 3.63 Å². The van der Waals surface area contributed by atoms with E-state index in [9.17, 15) is 13.0 Å². The Kier molecular flexibility index (Phi) is 5.26. The molecule has 17 heavy (non-hydrogen) atoms. The summed E-state index contributed by atoms with van der Waals surface area (Å²) in [6.07, 6.45) is 0.101. The molecule has 0 N–H and O–H groups in total. The second kappa shape index (κ2) is 6.25. The average molecular weight is 277 g/mol. The van der Waals surface area contributed by atoms with Crippen molar-refractivity contribution in [2.24, 2.45) is 0 Å². The topological polar surface area (TPSA) is 75.7 Å². The van der Waals surface area contributed by atoms with Gasteiger partial charge in [0.05, 0.1) is 6.10 Å². The van der Waals surface area contributed by atoms with Crippen LogP contribution in [-0.2, 0) is 19.8 Å². The third-order valence-corrected chi connectivity index (χ3v) is 3.15. The van der Waals surface area contributed by atoms with Gasteiger partial charge in [0.15, 0.2) is 0 Å². The molecule has 0 heterocycles. The number of hydrogen-bond donors (Lipinski definition) is 0. The lowest BCUT2D eigenvalue weighted by Gasteiger charge is -2.10. The highest BCUT2D eigenvalue weighted by Crippen LogP contribution is 2.19. The summed E-state index contributed by atoms with van der Waals surface area (Å²) in [5, 5.41) is 0. The van der Waals surface area contributed by atoms with Gasteiger partial charge < -0.3 is 9.29 Å². The van der Waals surface area contributed by atoms with Gasteiger partial charge in [-0.05, 0) is 31.5 Å². The number of hydrogen-bond acceptors (Lipinski definition) is 6. The summed E-state index contributed by atoms with van der Waals surface area (Å²) in [5.74, 6) is 1.02. The molecular weight excluding hydrogens is 264 g/mol. The van der Waals surface area contributed by atoms with E-state index < -0.39 is 10.4 Å². The number of rotatable bonds is 6. The zero-order valence-corrected chi connectivity index (χ0v) is 11.1. The van der Waals surface area contributed by atoms with Gasteiger partial charge in [0, 0.05) is 17.8 Å². The van der Waals surface area contributed by atoms with Gasteiger partial charge in [0.2, 0.25) is 10.4 Å². The van der Waals surface area contributed by atoms with Crippen LogP contribution in [0.5, 0.6) is 5.75 Å². The van der Waals surface area contributed by atoms with Crippen LogP contribution >= 0.6 is 12.0 Å². The lowest BCUT2D eigenvalue weighted by atomic mass is 10.2. The maximum atomic E-state index is 10.2. The molecule has 0 aliphatic carbocycles. The van der Waals surface area contributed by atoms with Gasteiger partial charge in [-0.3, -0.25) is 0 Å². The molecule has 0 saturated heterocycles. The van der Waals surface area contributed by atoms with E-state index in [-0.39, 0.29) is 11.9 Å². The highest BCUT2D eigenvalue weighted by Gasteiger charge is 2.00. The molecule has 96 valence electrons. The van der Waals surface area contributed by atoms with Crippen LogP contribution in [0.15, 0.2) is 24.3 Å². The van der Waals surface area contributed by atoms with Crippen LogP contribution < -0.4 is 4.74 Å². The van der Waals surface area contributed by atoms with E-state index in [4.69, 9.17) is 4.74 Å². The second-order valence-corrected chi connectivity index (χ2v) is 5.43. The van der Waals surface area contributed by atoms with Crippen LogP contribution in [0.2, 0.25) is 0 Å². The number of ether oxygens (including phenoxy) is 1. The molecule has 0 saturated carbocycles. The molecule has 7 heteroatoms. The Morgan fingerprint density at radius 3 is 2.35 bits per heavy atom. The van der Waals surface area contributed by atoms with Gasteiger partial charge in [-0.25, -0.2) is 12.0 Å². The highest BCUT2D eigenvalue weighted by atomic mass is 32.3. The van der Waals surface area contributed by atoms with E-state index >= 15 is 0 Å². The molecule has 1 aromatic rings. The highest BCUT2D eigenvalue weighted by molar-refractivity contribution is 8.02. The minimum absolute atomic E-state index is 0.101. The Labute approximate surface area is 105 Å². The molecular formula is C10H13O5S2-. The summed E-state index contributed by atoms with van der Waals surface area (Å²) >= 11 is 0.592. The Morgan fingerprint density at radius 2 is 1.88 bits per heavy atom. The van der Waals surface area contributed by atoms with E-state index in [1.807, 2.05) is 13.8 Å². The van der Waals surface area contributed by atoms with Crippen molar-refractivity contribution in [2.75, 3.05) is 0 Å². The summed E-state index contributed by atoms with van der Waals surface area (Å²) in [6, 6.07) is 7.13. The van der Waals surface area contributed by atoms with Gasteiger partial charge in [-0.1, -0.05) is 12.1 Å². The maximum absolute atomic E-state index is 10.2. The fourth-order valence-corrected chi connectivity index (χ4v) is 2.08. The van der Waals surface area contributed by atoms with Crippen LogP contribution in [-0.4, -0.2) is 19.1 Å². The molecule has 0 aromatic heterocycles. The third-order valence-electron chi connectivity index (χ3n) is 1.65. The summed E-state index contributed by atoms with van der Waals surface area (Å²) in [7, 11) is -4.63. The molecule has 0 radical (unpaired) electrons. The van der Waals surface area contributed by atoms with Crippen molar-refractivity contribution < 1.29 is 21.3 Å². The molecule has 0 amide bonds. The summed E-state index contributed by atoms with van der Waals surface area (Å²) in [6.45, 7) is 3.85. The second-order valence-electron chi connectivity index (χ2n) is 3.55. The van der Waals surface area contributed by atoms with Gasteiger partial charge in [0.1, 0.15) is 5.75 Å². The Hall–Kier alpha value is -0.760. The molecule has 0 fully saturated rings. The van der Waals surface area contributed by atoms with E-state index in [1.165, 1.54) is 0 Å². The summed E-state index contributed by atoms with van der Waals surface area (Å²) in [5.41, 5.74) is 0.842. The molecule has 0 aliphatic rings. The maximum Gasteiger partial charge on any atom is 0.228 e. The zero-order chi connectivity index (χ0) is 12.9. The molecule has 0 aliphatic heterocycles. The molecule has 0 spiro atoms. The first-order valence-corrected chi connectivity index (χ1v) is 7.14. The Balaban J connectivity index is 2.46. The lowest BCUT2D eigenvalue weighted by molar-refractivity contribution is 0.242. The summed E-state index contributed by atoms with van der Waals surface area (Å²) < 4.78 is 40.0. The first kappa shape index (κ1) is 14.3. The standard InChI is InChI=1S/C10H14O5S2/c1-8(2)14-10-5-3-9(4-6-10)7-16-15-17(11,12)13/h3-6,8H,7H2,1-2H3,(H,11,12,13)/p-1. The zero-order valence-electron chi connectivity index (χ0n) is 9.45. The van der Waals surface area contributed by atoms with Crippen molar-refractivity contribution in [3.63, 3.8) is 0 Å². The third kappa shape index (κ3) is 6.52. The summed E-state index contributed by atoms with van der Waals surface area (Å²) in [4.78, 5) is 0. The normalized spacial score (nSPS) is 11.8. The molecule has 1 rings (SSSR count). The van der Waals surface area contributed by atoms with E-state index in [0.29, 0.717) is 12.0 Å². The fourth-order valence-electron chi connectivity index (χ4n) is 1.09. The van der Waals surface area contributed by atoms with Crippen LogP contribution in [0.3, 0.4) is 0 Å². The minimum Gasteiger partial charge on any atom is -0.725 e. The fraction of sp³-hybridized carbons (Fsp3) is 0.400. The smallest absolute Gasteiger partial charge is 0.228 e. The van der Waals surface area contributed by atoms with Gasteiger partial charge >= 0.3 is 0 Å². The van der Waals surface area contributed by atoms with E-state index in [0.717, 1.165) is 11.3 Å². The first-order chi connectivity index (χ1) is 7.87. The monoisotopic (exact) mass is 277 g/mol. The first-order valence-electron chi connectivity index (χ1n) is 4.89. The van der Waals surface area contributed by atoms with Gasteiger partial charge in [0.25, 0.3) is 0 Å². The van der Waals surface area contributed by atoms with Crippen molar-refractivity contribution in [3.05, 3.63) is 29.8 Å². The van der Waals surface area contributed by atoms with Crippen LogP contribution in [0, 0.1) is 0 Å². The molecule has 5 nitrogen and oxygen atoms in total. The molecule has 0 bridgehead atoms. The van der Waals surface area contributed by atoms with E-state index in [1.54, 1.807) is 24.3 Å². The van der Waals surface area contributed by atoms with Crippen molar-refractivity contribution in [3.8, 4) is 5.75 Å². The molecule has 1 aromatic carbocycles.